The Balaban J connectivity index is 2.08. The maximum atomic E-state index is 6.20. The molecule has 1 unspecified atom stereocenters. The Hall–Kier alpha value is -1.50. The molecule has 0 saturated carbocycles. The van der Waals surface area contributed by atoms with Gasteiger partial charge in [-0.15, -0.1) is 0 Å². The van der Waals surface area contributed by atoms with E-state index in [0.29, 0.717) is 10.8 Å². The summed E-state index contributed by atoms with van der Waals surface area (Å²) in [6.07, 6.45) is 3.61. The standard InChI is InChI=1S/C12H12ClN5S/c1-19-12(14)15-6-8-10(17-18-11(8)16-12)7-4-2-3-5-9(7)13/h2-6H,14H2,1H3,(H2,16,17,18). The zero-order valence-electron chi connectivity index (χ0n) is 10.1. The van der Waals surface area contributed by atoms with Crippen molar-refractivity contribution >= 4 is 35.4 Å². The van der Waals surface area contributed by atoms with Gasteiger partial charge in [0, 0.05) is 16.8 Å². The van der Waals surface area contributed by atoms with Gasteiger partial charge in [0.05, 0.1) is 11.3 Å². The lowest BCUT2D eigenvalue weighted by Gasteiger charge is -2.26. The molecule has 4 N–H and O–H groups in total. The van der Waals surface area contributed by atoms with Gasteiger partial charge in [0.2, 0.25) is 5.12 Å². The highest BCUT2D eigenvalue weighted by Crippen LogP contribution is 2.34. The summed E-state index contributed by atoms with van der Waals surface area (Å²) >= 11 is 7.61. The molecule has 98 valence electrons. The fourth-order valence-corrected chi connectivity index (χ4v) is 2.49. The van der Waals surface area contributed by atoms with Crippen LogP contribution in [0.15, 0.2) is 29.3 Å². The molecule has 1 aliphatic heterocycles. The second kappa shape index (κ2) is 4.56. The van der Waals surface area contributed by atoms with Crippen molar-refractivity contribution in [3.8, 4) is 11.3 Å². The first kappa shape index (κ1) is 12.5. The molecule has 1 atom stereocenters. The summed E-state index contributed by atoms with van der Waals surface area (Å²) < 4.78 is 0. The van der Waals surface area contributed by atoms with E-state index in [1.54, 1.807) is 6.21 Å². The number of aromatic amines is 1. The Bertz CT molecular complexity index is 653. The molecule has 19 heavy (non-hydrogen) atoms. The van der Waals surface area contributed by atoms with Gasteiger partial charge in [-0.05, 0) is 12.3 Å². The number of hydrogen-bond donors (Lipinski definition) is 3. The number of rotatable bonds is 2. The quantitative estimate of drug-likeness (QED) is 0.743. The van der Waals surface area contributed by atoms with E-state index < -0.39 is 5.12 Å². The van der Waals surface area contributed by atoms with Gasteiger partial charge in [0.25, 0.3) is 0 Å². The lowest BCUT2D eigenvalue weighted by molar-refractivity contribution is 0.731. The molecule has 0 spiro atoms. The highest BCUT2D eigenvalue weighted by atomic mass is 35.5. The Morgan fingerprint density at radius 2 is 2.16 bits per heavy atom. The van der Waals surface area contributed by atoms with Crippen molar-refractivity contribution in [1.29, 1.82) is 0 Å². The SMILES string of the molecule is CSC1(N)N=Cc2c(n[nH]c2-c2ccccc2Cl)N1. The van der Waals surface area contributed by atoms with E-state index in [4.69, 9.17) is 17.3 Å². The second-order valence-corrected chi connectivity index (χ2v) is 5.56. The van der Waals surface area contributed by atoms with Crippen molar-refractivity contribution in [2.45, 2.75) is 5.12 Å². The number of benzene rings is 1. The number of H-pyrrole nitrogens is 1. The first-order valence-electron chi connectivity index (χ1n) is 5.64. The van der Waals surface area contributed by atoms with Gasteiger partial charge in [0.15, 0.2) is 5.82 Å². The molecule has 5 nitrogen and oxygen atoms in total. The van der Waals surface area contributed by atoms with E-state index in [2.05, 4.69) is 20.5 Å². The Morgan fingerprint density at radius 3 is 2.89 bits per heavy atom. The molecule has 2 aromatic rings. The fourth-order valence-electron chi connectivity index (χ4n) is 1.91. The summed E-state index contributed by atoms with van der Waals surface area (Å²) in [6.45, 7) is 0. The molecule has 3 rings (SSSR count). The molecule has 0 aliphatic carbocycles. The number of anilines is 1. The molecular weight excluding hydrogens is 282 g/mol. The van der Waals surface area contributed by atoms with E-state index in [0.717, 1.165) is 16.8 Å². The van der Waals surface area contributed by atoms with Crippen LogP contribution in [-0.2, 0) is 0 Å². The van der Waals surface area contributed by atoms with Gasteiger partial charge >= 0.3 is 0 Å². The van der Waals surface area contributed by atoms with Gasteiger partial charge in [-0.3, -0.25) is 10.8 Å². The molecular formula is C12H12ClN5S. The van der Waals surface area contributed by atoms with Crippen LogP contribution in [-0.4, -0.2) is 27.8 Å². The smallest absolute Gasteiger partial charge is 0.233 e. The number of nitrogens with two attached hydrogens (primary N) is 1. The molecule has 2 heterocycles. The van der Waals surface area contributed by atoms with E-state index in [1.807, 2.05) is 30.5 Å². The predicted molar refractivity (Wildman–Crippen MR) is 80.7 cm³/mol. The zero-order chi connectivity index (χ0) is 13.5. The minimum Gasteiger partial charge on any atom is -0.323 e. The Labute approximate surface area is 119 Å². The third-order valence-electron chi connectivity index (χ3n) is 2.94. The summed E-state index contributed by atoms with van der Waals surface area (Å²) in [7, 11) is 0. The van der Waals surface area contributed by atoms with Crippen LogP contribution in [0, 0.1) is 0 Å². The third kappa shape index (κ3) is 2.11. The lowest BCUT2D eigenvalue weighted by Crippen LogP contribution is -2.44. The second-order valence-electron chi connectivity index (χ2n) is 4.12. The molecule has 1 aromatic carbocycles. The van der Waals surface area contributed by atoms with Crippen LogP contribution in [0.1, 0.15) is 5.56 Å². The van der Waals surface area contributed by atoms with Crippen molar-refractivity contribution in [3.63, 3.8) is 0 Å². The number of halogens is 1. The maximum Gasteiger partial charge on any atom is 0.233 e. The van der Waals surface area contributed by atoms with Crippen molar-refractivity contribution < 1.29 is 0 Å². The average Bonchev–Trinajstić information content (AvgIpc) is 2.82. The highest BCUT2D eigenvalue weighted by Gasteiger charge is 2.29. The van der Waals surface area contributed by atoms with Crippen molar-refractivity contribution in [2.24, 2.45) is 10.7 Å². The number of aromatic nitrogens is 2. The van der Waals surface area contributed by atoms with Crippen molar-refractivity contribution in [3.05, 3.63) is 34.9 Å². The van der Waals surface area contributed by atoms with Crippen LogP contribution >= 0.6 is 23.4 Å². The van der Waals surface area contributed by atoms with E-state index in [9.17, 15) is 0 Å². The van der Waals surface area contributed by atoms with Crippen molar-refractivity contribution in [1.82, 2.24) is 10.2 Å². The minimum atomic E-state index is -0.861. The number of nitrogens with zero attached hydrogens (tertiary/aromatic N) is 2. The first-order chi connectivity index (χ1) is 9.13. The topological polar surface area (TPSA) is 79.1 Å². The number of aliphatic imine (C=N–C) groups is 1. The van der Waals surface area contributed by atoms with Crippen molar-refractivity contribution in [2.75, 3.05) is 11.6 Å². The normalized spacial score (nSPS) is 21.0. The molecule has 1 aromatic heterocycles. The molecule has 0 bridgehead atoms. The number of fused-ring (bicyclic) bond motifs is 1. The largest absolute Gasteiger partial charge is 0.323 e. The summed E-state index contributed by atoms with van der Waals surface area (Å²) in [5, 5.41) is 10.1. The van der Waals surface area contributed by atoms with Crippen LogP contribution in [0.4, 0.5) is 5.82 Å². The summed E-state index contributed by atoms with van der Waals surface area (Å²) in [4.78, 5) is 4.31. The maximum absolute atomic E-state index is 6.20. The van der Waals surface area contributed by atoms with E-state index in [-0.39, 0.29) is 0 Å². The van der Waals surface area contributed by atoms with Crippen LogP contribution < -0.4 is 11.1 Å². The van der Waals surface area contributed by atoms with E-state index >= 15 is 0 Å². The van der Waals surface area contributed by atoms with Gasteiger partial charge in [-0.1, -0.05) is 41.6 Å². The van der Waals surface area contributed by atoms with Crippen LogP contribution in [0.25, 0.3) is 11.3 Å². The fraction of sp³-hybridized carbons (Fsp3) is 0.167. The molecule has 0 amide bonds. The van der Waals surface area contributed by atoms with Crippen LogP contribution in [0.3, 0.4) is 0 Å². The van der Waals surface area contributed by atoms with Gasteiger partial charge in [-0.25, -0.2) is 4.99 Å². The Morgan fingerprint density at radius 1 is 1.37 bits per heavy atom. The van der Waals surface area contributed by atoms with Gasteiger partial charge < -0.3 is 5.32 Å². The Kier molecular flexibility index (Phi) is 3.00. The highest BCUT2D eigenvalue weighted by molar-refractivity contribution is 8.00. The molecule has 0 fully saturated rings. The number of hydrogen-bond acceptors (Lipinski definition) is 5. The zero-order valence-corrected chi connectivity index (χ0v) is 11.7. The first-order valence-corrected chi connectivity index (χ1v) is 7.24. The molecule has 7 heteroatoms. The monoisotopic (exact) mass is 293 g/mol. The summed E-state index contributed by atoms with van der Waals surface area (Å²) in [5.74, 6) is 0.682. The predicted octanol–water partition coefficient (Wildman–Crippen LogP) is 2.51. The van der Waals surface area contributed by atoms with Gasteiger partial charge in [0.1, 0.15) is 0 Å². The van der Waals surface area contributed by atoms with E-state index in [1.165, 1.54) is 11.8 Å². The summed E-state index contributed by atoms with van der Waals surface area (Å²) in [6, 6.07) is 7.59. The van der Waals surface area contributed by atoms with Crippen LogP contribution in [0.2, 0.25) is 5.02 Å². The molecule has 1 aliphatic rings. The number of thioether (sulfide) groups is 1. The third-order valence-corrected chi connectivity index (χ3v) is 4.10. The molecule has 0 radical (unpaired) electrons. The summed E-state index contributed by atoms with van der Waals surface area (Å²) in [5.41, 5.74) is 8.61. The number of nitrogens with one attached hydrogen (secondary N) is 2. The molecule has 0 saturated heterocycles. The average molecular weight is 294 g/mol. The minimum absolute atomic E-state index is 0.664. The van der Waals surface area contributed by atoms with Crippen LogP contribution in [0.5, 0.6) is 0 Å². The lowest BCUT2D eigenvalue weighted by atomic mass is 10.1. The van der Waals surface area contributed by atoms with Gasteiger partial charge in [-0.2, -0.15) is 5.10 Å².